The average molecular weight is 747 g/mol. The molecule has 3 fully saturated rings. The molecule has 284 valence electrons. The lowest BCUT2D eigenvalue weighted by Crippen LogP contribution is -2.62. The number of rotatable bonds is 8. The van der Waals surface area contributed by atoms with Crippen molar-refractivity contribution in [3.63, 3.8) is 0 Å². The third-order valence-electron chi connectivity index (χ3n) is 14.2. The van der Waals surface area contributed by atoms with Gasteiger partial charge in [-0.15, -0.1) is 0 Å². The summed E-state index contributed by atoms with van der Waals surface area (Å²) >= 11 is 0. The van der Waals surface area contributed by atoms with Gasteiger partial charge in [-0.3, -0.25) is 14.2 Å². The van der Waals surface area contributed by atoms with Crippen LogP contribution in [0.3, 0.4) is 0 Å². The van der Waals surface area contributed by atoms with Crippen molar-refractivity contribution in [1.29, 1.82) is 0 Å². The van der Waals surface area contributed by atoms with Gasteiger partial charge in [0.25, 0.3) is 9.84 Å². The molecule has 0 aliphatic heterocycles. The summed E-state index contributed by atoms with van der Waals surface area (Å²) in [7, 11) is -4.26. The molecule has 1 aromatic carbocycles. The zero-order valence-corrected chi connectivity index (χ0v) is 32.5. The fourth-order valence-electron chi connectivity index (χ4n) is 10.5. The monoisotopic (exact) mass is 746 g/mol. The fourth-order valence-corrected chi connectivity index (χ4v) is 11.8. The number of aliphatic hydroxyl groups is 1. The normalized spacial score (nSPS) is 34.4. The Labute approximate surface area is 311 Å². The maximum absolute atomic E-state index is 14.0. The molecule has 3 saturated carbocycles. The molecular weight excluding hydrogens is 697 g/mol. The Hall–Kier alpha value is -4.19. The molecule has 1 N–H and O–H groups in total. The number of nitrogens with zero attached hydrogens (tertiary/aromatic N) is 2. The molecule has 0 radical (unpaired) electrons. The van der Waals surface area contributed by atoms with Crippen LogP contribution in [-0.2, 0) is 24.2 Å². The van der Waals surface area contributed by atoms with Gasteiger partial charge in [0.1, 0.15) is 0 Å². The molecule has 1 aromatic heterocycles. The van der Waals surface area contributed by atoms with E-state index in [-0.39, 0.29) is 74.0 Å². The van der Waals surface area contributed by atoms with Crippen LogP contribution in [0.4, 0.5) is 0 Å². The molecule has 0 saturated heterocycles. The number of ether oxygens (including phenoxy) is 2. The highest BCUT2D eigenvalue weighted by Crippen LogP contribution is 2.75. The molecule has 0 amide bonds. The number of aliphatic hydroxyl groups excluding tert-OH is 1. The number of hydrogen-bond donors (Lipinski definition) is 1. The van der Waals surface area contributed by atoms with Crippen molar-refractivity contribution in [3.05, 3.63) is 81.8 Å². The van der Waals surface area contributed by atoms with E-state index in [1.165, 1.54) is 17.7 Å². The molecule has 5 aliphatic carbocycles. The Morgan fingerprint density at radius 2 is 1.74 bits per heavy atom. The van der Waals surface area contributed by atoms with Crippen LogP contribution in [0.5, 0.6) is 5.88 Å². The van der Waals surface area contributed by atoms with Crippen LogP contribution in [0.1, 0.15) is 93.4 Å². The van der Waals surface area contributed by atoms with Gasteiger partial charge in [-0.25, -0.2) is 8.42 Å². The molecule has 0 bridgehead atoms. The zero-order chi connectivity index (χ0) is 38.4. The molecule has 11 nitrogen and oxygen atoms in total. The highest BCUT2D eigenvalue weighted by Gasteiger charge is 2.67. The summed E-state index contributed by atoms with van der Waals surface area (Å²) in [6.07, 6.45) is 12.2. The third kappa shape index (κ3) is 5.52. The fraction of sp³-hybridized carbons (Fsp3) is 0.561. The van der Waals surface area contributed by atoms with Gasteiger partial charge in [0.05, 0.1) is 28.7 Å². The number of carbonyl (C=O) groups is 2. The Morgan fingerprint density at radius 3 is 2.45 bits per heavy atom. The SMILES string of the molecule is CC1=C(O)C(=O)C=C2C1=CC=C1[C@@]2(C)CC[C@@]2(C)[C@@H]3C[C@](C)(C(=O)OCC(C)COc4no[n+]([O-])c4S(=O)(=O)c4ccccc4)CC[C@]3(C)CC[C@]12C. The number of benzene rings is 1. The topological polar surface area (TPSA) is 160 Å². The first-order valence-electron chi connectivity index (χ1n) is 18.6. The Kier molecular flexibility index (Phi) is 8.71. The van der Waals surface area contributed by atoms with E-state index in [1.54, 1.807) is 24.3 Å². The number of ketones is 1. The van der Waals surface area contributed by atoms with E-state index >= 15 is 0 Å². The van der Waals surface area contributed by atoms with Crippen LogP contribution >= 0.6 is 0 Å². The van der Waals surface area contributed by atoms with Crippen molar-refractivity contribution in [2.24, 2.45) is 38.9 Å². The van der Waals surface area contributed by atoms with E-state index in [0.29, 0.717) is 12.0 Å². The van der Waals surface area contributed by atoms with Crippen molar-refractivity contribution in [3.8, 4) is 5.88 Å². The quantitative estimate of drug-likeness (QED) is 0.214. The van der Waals surface area contributed by atoms with Gasteiger partial charge in [-0.2, -0.15) is 0 Å². The molecule has 12 heteroatoms. The van der Waals surface area contributed by atoms with Crippen molar-refractivity contribution < 1.29 is 42.1 Å². The van der Waals surface area contributed by atoms with Crippen molar-refractivity contribution in [2.75, 3.05) is 13.2 Å². The standard InChI is InChI=1S/C41H50N2O9S/c1-25(23-50-34-35(43(47)52-42-34)53(48,49)27-11-9-8-10-12-27)24-51-36(46)38(4)16-15-37(3)17-19-40(6)31-14-13-28-26(2)33(45)30(44)21-29(28)39(31,5)18-20-41(40,7)32(37)22-38/h8-14,21,25,32,45H,15-20,22-24H2,1-7H3/t25?,32-,37-,38-,39+,40-,41+/m1/s1. The Bertz CT molecular complexity index is 2120. The van der Waals surface area contributed by atoms with Crippen molar-refractivity contribution in [1.82, 2.24) is 5.16 Å². The summed E-state index contributed by atoms with van der Waals surface area (Å²) in [5, 5.41) is 25.5. The number of fused-ring (bicyclic) bond motifs is 7. The van der Waals surface area contributed by atoms with E-state index in [2.05, 4.69) is 49.6 Å². The molecular formula is C41H50N2O9S. The number of allylic oxidation sites excluding steroid dienone is 7. The first kappa shape index (κ1) is 37.1. The zero-order valence-electron chi connectivity index (χ0n) is 31.7. The van der Waals surface area contributed by atoms with E-state index in [9.17, 15) is 28.3 Å². The highest BCUT2D eigenvalue weighted by molar-refractivity contribution is 7.91. The van der Waals surface area contributed by atoms with Gasteiger partial charge in [0.15, 0.2) is 5.76 Å². The lowest BCUT2D eigenvalue weighted by Gasteiger charge is -2.70. The smallest absolute Gasteiger partial charge is 0.414 e. The number of esters is 1. The van der Waals surface area contributed by atoms with Gasteiger partial charge in [-0.05, 0) is 115 Å². The molecule has 1 unspecified atom stereocenters. The third-order valence-corrected chi connectivity index (χ3v) is 15.9. The summed E-state index contributed by atoms with van der Waals surface area (Å²) in [6, 6.07) is 7.48. The summed E-state index contributed by atoms with van der Waals surface area (Å²) in [4.78, 5) is 26.6. The van der Waals surface area contributed by atoms with Gasteiger partial charge in [-0.1, -0.05) is 70.5 Å². The molecule has 53 heavy (non-hydrogen) atoms. The average Bonchev–Trinajstić information content (AvgIpc) is 3.52. The predicted molar refractivity (Wildman–Crippen MR) is 194 cm³/mol. The Morgan fingerprint density at radius 1 is 1.04 bits per heavy atom. The second-order valence-corrected chi connectivity index (χ2v) is 19.3. The second-order valence-electron chi connectivity index (χ2n) is 17.5. The number of hydrogen-bond acceptors (Lipinski definition) is 10. The summed E-state index contributed by atoms with van der Waals surface area (Å²) in [5.74, 6) is -1.31. The van der Waals surface area contributed by atoms with E-state index in [1.807, 2.05) is 20.8 Å². The second kappa shape index (κ2) is 12.4. The summed E-state index contributed by atoms with van der Waals surface area (Å²) < 4.78 is 42.5. The molecule has 2 aromatic rings. The van der Waals surface area contributed by atoms with Gasteiger partial charge >= 0.3 is 16.9 Å². The number of aromatic nitrogens is 2. The minimum Gasteiger partial charge on any atom is -0.504 e. The first-order chi connectivity index (χ1) is 24.8. The summed E-state index contributed by atoms with van der Waals surface area (Å²) in [5.41, 5.74) is 2.69. The molecule has 7 rings (SSSR count). The van der Waals surface area contributed by atoms with Crippen LogP contribution in [0.25, 0.3) is 0 Å². The first-order valence-corrected chi connectivity index (χ1v) is 20.1. The number of sulfone groups is 1. The van der Waals surface area contributed by atoms with Crippen LogP contribution in [-0.4, -0.2) is 43.6 Å². The van der Waals surface area contributed by atoms with Crippen LogP contribution in [0.2, 0.25) is 0 Å². The number of carbonyl (C=O) groups excluding carboxylic acids is 2. The van der Waals surface area contributed by atoms with Crippen molar-refractivity contribution in [2.45, 2.75) is 103 Å². The maximum Gasteiger partial charge on any atom is 0.414 e. The van der Waals surface area contributed by atoms with Crippen LogP contribution in [0.15, 0.2) is 91.2 Å². The van der Waals surface area contributed by atoms with Crippen molar-refractivity contribution >= 4 is 21.6 Å². The minimum absolute atomic E-state index is 0.0402. The van der Waals surface area contributed by atoms with E-state index < -0.39 is 26.2 Å². The van der Waals surface area contributed by atoms with E-state index in [0.717, 1.165) is 49.7 Å². The Balaban J connectivity index is 1.06. The maximum atomic E-state index is 14.0. The van der Waals surface area contributed by atoms with Crippen LogP contribution < -0.4 is 9.64 Å². The molecule has 5 aliphatic rings. The lowest BCUT2D eigenvalue weighted by atomic mass is 9.34. The largest absolute Gasteiger partial charge is 0.504 e. The highest BCUT2D eigenvalue weighted by atomic mass is 32.2. The van der Waals surface area contributed by atoms with E-state index in [4.69, 9.17) is 9.47 Å². The molecule has 0 spiro atoms. The van der Waals surface area contributed by atoms with Gasteiger partial charge in [0.2, 0.25) is 5.78 Å². The lowest BCUT2D eigenvalue weighted by molar-refractivity contribution is -0.832. The summed E-state index contributed by atoms with van der Waals surface area (Å²) in [6.45, 7) is 15.1. The van der Waals surface area contributed by atoms with Crippen LogP contribution in [0, 0.1) is 44.1 Å². The molecule has 7 atom stereocenters. The van der Waals surface area contributed by atoms with Gasteiger partial charge < -0.3 is 19.8 Å². The minimum atomic E-state index is -4.26. The molecule has 1 heterocycles. The van der Waals surface area contributed by atoms with Gasteiger partial charge in [0, 0.05) is 16.9 Å². The predicted octanol–water partition coefficient (Wildman–Crippen LogP) is 7.33.